The molecule has 17 nitrogen and oxygen atoms in total. The van der Waals surface area contributed by atoms with Crippen molar-refractivity contribution >= 4 is 29.7 Å². The minimum atomic E-state index is -2.40. The molecule has 368 valence electrons. The maximum Gasteiger partial charge on any atom is 0.336 e. The Morgan fingerprint density at radius 1 is 0.926 bits per heavy atom. The van der Waals surface area contributed by atoms with Crippen LogP contribution in [0.3, 0.4) is 0 Å². The number of carbonyl (C=O) groups excluding carboxylic acids is 2. The lowest BCUT2D eigenvalue weighted by atomic mass is 9.53. The fourth-order valence-electron chi connectivity index (χ4n) is 11.0. The van der Waals surface area contributed by atoms with Crippen molar-refractivity contribution in [1.29, 1.82) is 0 Å². The number of ether oxygens (including phenoxy) is 4. The van der Waals surface area contributed by atoms with Crippen LogP contribution in [0.4, 0.5) is 0 Å². The van der Waals surface area contributed by atoms with E-state index < -0.39 is 115 Å². The number of phenolic OH excluding ortho intramolecular Hbond substituents is 3. The van der Waals surface area contributed by atoms with Crippen molar-refractivity contribution < 1.29 is 74.2 Å². The Hall–Kier alpha value is -5.21. The van der Waals surface area contributed by atoms with Gasteiger partial charge in [-0.25, -0.2) is 4.79 Å². The van der Waals surface area contributed by atoms with Crippen molar-refractivity contribution in [1.82, 2.24) is 5.32 Å². The molecule has 0 unspecified atom stereocenters. The van der Waals surface area contributed by atoms with Crippen molar-refractivity contribution in [2.24, 2.45) is 23.5 Å². The van der Waals surface area contributed by atoms with E-state index in [1.165, 1.54) is 42.5 Å². The second-order valence-electron chi connectivity index (χ2n) is 18.6. The zero-order valence-electron chi connectivity index (χ0n) is 38.0. The number of rotatable bonds is 21. The van der Waals surface area contributed by atoms with Crippen molar-refractivity contribution in [3.05, 3.63) is 95.1 Å². The molecule has 17 heteroatoms. The fourth-order valence-corrected chi connectivity index (χ4v) is 11.0. The van der Waals surface area contributed by atoms with Gasteiger partial charge in [0, 0.05) is 37.5 Å². The molecule has 3 aromatic carbocycles. The molecule has 2 aliphatic carbocycles. The van der Waals surface area contributed by atoms with Crippen LogP contribution < -0.4 is 15.8 Å². The smallest absolute Gasteiger partial charge is 0.336 e. The standard InChI is InChI=1S/C51H64N2O15/c52-18-19-65-43-16-13-32(20-41(43)60)12-15-38(57)30-67-50(48(63)64)25-42(61)47-51(45(28-56)53-37-8-4-5-9-37)44(50)23-36(27-55)49(68-51,24-33(29-66-47)11-10-31-6-2-1-3-7-31)46(62)17-14-34-21-39(58)40(59)22-35(34)26-54/h1-3,6-7,12-17,20-22,33,36-37,42,44-45,47,53-56,58-61H,4-5,8-11,18-19,23-30,52H2,(H,63,64)/b15-12+,17-14+/t33-,36-,42-,44-,45+,47-,49-,50+,51+/m1/s1. The van der Waals surface area contributed by atoms with Crippen LogP contribution in [-0.2, 0) is 41.6 Å². The van der Waals surface area contributed by atoms with Crippen LogP contribution in [0, 0.1) is 17.8 Å². The third-order valence-electron chi connectivity index (χ3n) is 14.4. The molecule has 9 atom stereocenters. The van der Waals surface area contributed by atoms with Crippen molar-refractivity contribution in [2.75, 3.05) is 39.6 Å². The predicted octanol–water partition coefficient (Wildman–Crippen LogP) is 3.16. The van der Waals surface area contributed by atoms with Crippen LogP contribution in [-0.4, -0.2) is 139 Å². The number of aryl methyl sites for hydroxylation is 1. The molecule has 0 radical (unpaired) electrons. The highest BCUT2D eigenvalue weighted by atomic mass is 16.6. The van der Waals surface area contributed by atoms with Gasteiger partial charge in [-0.05, 0) is 103 Å². The quantitative estimate of drug-likeness (QED) is 0.0542. The lowest BCUT2D eigenvalue weighted by molar-refractivity contribution is -0.356. The summed E-state index contributed by atoms with van der Waals surface area (Å²) in [5.41, 5.74) is 0.934. The fraction of sp³-hybridized carbons (Fsp3) is 0.510. The number of carboxylic acid groups (broad SMARTS) is 1. The summed E-state index contributed by atoms with van der Waals surface area (Å²) in [6, 6.07) is 15.2. The molecule has 0 aromatic heterocycles. The Labute approximate surface area is 394 Å². The number of aliphatic hydroxyl groups excluding tert-OH is 4. The molecule has 0 spiro atoms. The molecule has 4 fully saturated rings. The molecule has 2 saturated heterocycles. The SMILES string of the molecule is NCCOc1ccc(/C=C/C(=O)CO[C@@]2(C(=O)O)C[C@@H](O)[C@H]3OC[C@H](CCc4ccccc4)C[C@@]4(C(=O)/C=C/c5cc(O)c(O)cc5CO)O[C@]3([C@H](CO)NC3CCCC3)[C@@H]2C[C@@H]4CO)cc1O. The van der Waals surface area contributed by atoms with Gasteiger partial charge in [-0.3, -0.25) is 9.59 Å². The number of ketones is 2. The minimum Gasteiger partial charge on any atom is -0.504 e. The van der Waals surface area contributed by atoms with E-state index in [-0.39, 0.29) is 61.3 Å². The van der Waals surface area contributed by atoms with Gasteiger partial charge < -0.3 is 70.9 Å². The summed E-state index contributed by atoms with van der Waals surface area (Å²) in [6.45, 7) is -2.28. The molecule has 3 aromatic rings. The first-order valence-electron chi connectivity index (χ1n) is 23.4. The Morgan fingerprint density at radius 2 is 1.68 bits per heavy atom. The highest BCUT2D eigenvalue weighted by Crippen LogP contribution is 2.60. The molecule has 4 aliphatic rings. The topological polar surface area (TPSA) is 288 Å². The molecule has 7 rings (SSSR count). The summed E-state index contributed by atoms with van der Waals surface area (Å²) in [6.07, 6.45) is 5.49. The monoisotopic (exact) mass is 944 g/mol. The molecule has 0 amide bonds. The molecule has 2 heterocycles. The maximum absolute atomic E-state index is 15.4. The number of aliphatic hydroxyl groups is 4. The number of aromatic hydroxyl groups is 3. The normalized spacial score (nSPS) is 28.9. The van der Waals surface area contributed by atoms with Crippen LogP contribution in [0.5, 0.6) is 23.0 Å². The first-order valence-corrected chi connectivity index (χ1v) is 23.4. The molecule has 2 aliphatic heterocycles. The van der Waals surface area contributed by atoms with Gasteiger partial charge in [0.15, 0.2) is 40.2 Å². The number of benzene rings is 3. The minimum absolute atomic E-state index is 0.0226. The van der Waals surface area contributed by atoms with E-state index in [2.05, 4.69) is 5.32 Å². The van der Waals surface area contributed by atoms with E-state index in [0.29, 0.717) is 31.2 Å². The molecule has 2 saturated carbocycles. The number of carboxylic acids is 1. The van der Waals surface area contributed by atoms with Gasteiger partial charge in [0.1, 0.15) is 30.5 Å². The Morgan fingerprint density at radius 3 is 2.35 bits per heavy atom. The molecular formula is C51H64N2O15. The predicted molar refractivity (Wildman–Crippen MR) is 247 cm³/mol. The van der Waals surface area contributed by atoms with Gasteiger partial charge in [-0.1, -0.05) is 61.4 Å². The summed E-state index contributed by atoms with van der Waals surface area (Å²) < 4.78 is 25.9. The first kappa shape index (κ1) is 50.7. The van der Waals surface area contributed by atoms with E-state index in [1.54, 1.807) is 6.07 Å². The number of phenols is 3. The summed E-state index contributed by atoms with van der Waals surface area (Å²) >= 11 is 0. The first-order chi connectivity index (χ1) is 32.7. The van der Waals surface area contributed by atoms with Gasteiger partial charge >= 0.3 is 5.97 Å². The molecule has 68 heavy (non-hydrogen) atoms. The number of hydrogen-bond acceptors (Lipinski definition) is 16. The number of aliphatic carboxylic acids is 1. The summed E-state index contributed by atoms with van der Waals surface area (Å²) in [5.74, 6) is -6.72. The number of fused-ring (bicyclic) bond motifs is 1. The van der Waals surface area contributed by atoms with Crippen molar-refractivity contribution in [3.8, 4) is 23.0 Å². The highest BCUT2D eigenvalue weighted by molar-refractivity contribution is 6.01. The van der Waals surface area contributed by atoms with E-state index in [9.17, 15) is 50.4 Å². The third kappa shape index (κ3) is 10.4. The average molecular weight is 945 g/mol. The number of nitrogens with one attached hydrogen (secondary N) is 1. The number of nitrogens with two attached hydrogens (primary N) is 1. The van der Waals surface area contributed by atoms with Crippen LogP contribution in [0.15, 0.2) is 72.8 Å². The lowest BCUT2D eigenvalue weighted by Crippen LogP contribution is -2.83. The van der Waals surface area contributed by atoms with Gasteiger partial charge in [0.05, 0.1) is 32.0 Å². The number of hydrogen-bond donors (Lipinski definition) is 10. The van der Waals surface area contributed by atoms with Crippen LogP contribution in [0.1, 0.15) is 73.6 Å². The Kier molecular flexibility index (Phi) is 16.4. The maximum atomic E-state index is 15.4. The lowest BCUT2D eigenvalue weighted by Gasteiger charge is -2.66. The molecule has 11 N–H and O–H groups in total. The van der Waals surface area contributed by atoms with E-state index in [4.69, 9.17) is 24.7 Å². The van der Waals surface area contributed by atoms with Crippen LogP contribution in [0.2, 0.25) is 0 Å². The third-order valence-corrected chi connectivity index (χ3v) is 14.4. The van der Waals surface area contributed by atoms with E-state index in [0.717, 1.165) is 24.5 Å². The highest BCUT2D eigenvalue weighted by Gasteiger charge is 2.75. The molecule has 2 bridgehead atoms. The van der Waals surface area contributed by atoms with Crippen LogP contribution in [0.25, 0.3) is 12.2 Å². The van der Waals surface area contributed by atoms with Crippen molar-refractivity contribution in [3.63, 3.8) is 0 Å². The van der Waals surface area contributed by atoms with Gasteiger partial charge in [-0.15, -0.1) is 0 Å². The molecular weight excluding hydrogens is 881 g/mol. The summed E-state index contributed by atoms with van der Waals surface area (Å²) in [4.78, 5) is 43.0. The zero-order valence-corrected chi connectivity index (χ0v) is 38.0. The Bertz CT molecular complexity index is 2300. The van der Waals surface area contributed by atoms with Gasteiger partial charge in [0.2, 0.25) is 0 Å². The van der Waals surface area contributed by atoms with E-state index in [1.807, 2.05) is 30.3 Å². The Balaban J connectivity index is 1.32. The van der Waals surface area contributed by atoms with Crippen molar-refractivity contribution in [2.45, 2.75) is 105 Å². The summed E-state index contributed by atoms with van der Waals surface area (Å²) in [5, 5.41) is 91.4. The van der Waals surface area contributed by atoms with Gasteiger partial charge in [-0.2, -0.15) is 0 Å². The second kappa shape index (κ2) is 22.0. The largest absolute Gasteiger partial charge is 0.504 e. The summed E-state index contributed by atoms with van der Waals surface area (Å²) in [7, 11) is 0. The van der Waals surface area contributed by atoms with Crippen LogP contribution >= 0.6 is 0 Å². The second-order valence-corrected chi connectivity index (χ2v) is 18.6. The zero-order chi connectivity index (χ0) is 48.6. The number of carbonyl (C=O) groups is 3. The van der Waals surface area contributed by atoms with Gasteiger partial charge in [0.25, 0.3) is 0 Å². The average Bonchev–Trinajstić information content (AvgIpc) is 3.85. The van der Waals surface area contributed by atoms with E-state index >= 15 is 4.79 Å².